The highest BCUT2D eigenvalue weighted by atomic mass is 35.5. The van der Waals surface area contributed by atoms with Gasteiger partial charge in [0.15, 0.2) is 11.5 Å². The Morgan fingerprint density at radius 2 is 2.03 bits per heavy atom. The van der Waals surface area contributed by atoms with E-state index in [-0.39, 0.29) is 17.0 Å². The maximum absolute atomic E-state index is 13.6. The molecule has 2 aromatic carbocycles. The lowest BCUT2D eigenvalue weighted by molar-refractivity contribution is -0.130. The van der Waals surface area contributed by atoms with Crippen molar-refractivity contribution in [1.82, 2.24) is 19.9 Å². The number of hydrogen-bond acceptors (Lipinski definition) is 7. The van der Waals surface area contributed by atoms with E-state index in [1.807, 2.05) is 22.1 Å². The van der Waals surface area contributed by atoms with Crippen LogP contribution in [0.2, 0.25) is 5.02 Å². The minimum Gasteiger partial charge on any atom is -0.493 e. The first-order valence-corrected chi connectivity index (χ1v) is 12.7. The molecular formula is C26H29ClFN5O3. The van der Waals surface area contributed by atoms with E-state index >= 15 is 0 Å². The van der Waals surface area contributed by atoms with Gasteiger partial charge < -0.3 is 19.8 Å². The van der Waals surface area contributed by atoms with Crippen LogP contribution >= 0.6 is 11.6 Å². The number of nitrogens with zero attached hydrogens (tertiary/aromatic N) is 4. The number of rotatable bonds is 8. The van der Waals surface area contributed by atoms with Crippen molar-refractivity contribution >= 4 is 39.9 Å². The lowest BCUT2D eigenvalue weighted by atomic mass is 10.0. The second kappa shape index (κ2) is 10.8. The molecular weight excluding hydrogens is 485 g/mol. The molecule has 5 rings (SSSR count). The van der Waals surface area contributed by atoms with Gasteiger partial charge in [-0.05, 0) is 49.9 Å². The van der Waals surface area contributed by atoms with Gasteiger partial charge in [0.05, 0.1) is 17.6 Å². The van der Waals surface area contributed by atoms with Crippen molar-refractivity contribution in [2.45, 2.75) is 44.6 Å². The molecule has 0 saturated carbocycles. The average Bonchev–Trinajstić information content (AvgIpc) is 3.30. The molecule has 10 heteroatoms. The Balaban J connectivity index is 1.39. The average molecular weight is 514 g/mol. The fourth-order valence-electron chi connectivity index (χ4n) is 4.86. The zero-order chi connectivity index (χ0) is 25.1. The number of likely N-dealkylation sites (tertiary alicyclic amines) is 1. The number of carbonyl (C=O) groups is 1. The Bertz CT molecular complexity index is 1260. The van der Waals surface area contributed by atoms with Crippen LogP contribution in [0.3, 0.4) is 0 Å². The molecule has 190 valence electrons. The number of ether oxygens (including phenoxy) is 1. The van der Waals surface area contributed by atoms with Gasteiger partial charge in [-0.3, -0.25) is 4.79 Å². The first-order chi connectivity index (χ1) is 17.5. The van der Waals surface area contributed by atoms with Gasteiger partial charge in [0.25, 0.3) is 0 Å². The van der Waals surface area contributed by atoms with E-state index < -0.39 is 5.82 Å². The number of carbonyl (C=O) groups excluding carboxylic acids is 1. The van der Waals surface area contributed by atoms with E-state index in [1.165, 1.54) is 18.5 Å². The number of fused-ring (bicyclic) bond motifs is 1. The van der Waals surface area contributed by atoms with E-state index in [4.69, 9.17) is 21.2 Å². The minimum absolute atomic E-state index is 0.0239. The maximum Gasteiger partial charge on any atom is 0.222 e. The highest BCUT2D eigenvalue weighted by Crippen LogP contribution is 2.36. The van der Waals surface area contributed by atoms with Crippen LogP contribution in [0.25, 0.3) is 10.9 Å². The van der Waals surface area contributed by atoms with Crippen LogP contribution in [0.1, 0.15) is 38.5 Å². The molecule has 0 spiro atoms. The second-order valence-electron chi connectivity index (χ2n) is 9.15. The van der Waals surface area contributed by atoms with Crippen LogP contribution in [0.5, 0.6) is 11.5 Å². The molecule has 2 saturated heterocycles. The molecule has 2 aliphatic heterocycles. The second-order valence-corrected chi connectivity index (χ2v) is 9.56. The molecule has 1 atom stereocenters. The van der Waals surface area contributed by atoms with E-state index in [0.29, 0.717) is 34.9 Å². The summed E-state index contributed by atoms with van der Waals surface area (Å²) in [4.78, 5) is 29.2. The molecule has 0 aliphatic carbocycles. The van der Waals surface area contributed by atoms with Gasteiger partial charge in [-0.2, -0.15) is 0 Å². The Kier molecular flexibility index (Phi) is 7.38. The molecule has 2 fully saturated rings. The molecule has 2 aliphatic rings. The SMILES string of the molecule is COc1cc2ncnc(Nc3ccc(F)c(Cl)c3)c2cc1ON1CCCCC1CCN1CCCC1=O. The van der Waals surface area contributed by atoms with E-state index in [1.54, 1.807) is 13.2 Å². The number of anilines is 2. The smallest absolute Gasteiger partial charge is 0.222 e. The first kappa shape index (κ1) is 24.5. The third-order valence-electron chi connectivity index (χ3n) is 6.80. The quantitative estimate of drug-likeness (QED) is 0.435. The number of amides is 1. The van der Waals surface area contributed by atoms with Crippen molar-refractivity contribution in [3.8, 4) is 11.5 Å². The summed E-state index contributed by atoms with van der Waals surface area (Å²) in [5.74, 6) is 1.43. The predicted molar refractivity (Wildman–Crippen MR) is 136 cm³/mol. The number of nitrogens with one attached hydrogen (secondary N) is 1. The molecule has 0 bridgehead atoms. The van der Waals surface area contributed by atoms with E-state index in [2.05, 4.69) is 15.3 Å². The molecule has 1 N–H and O–H groups in total. The fourth-order valence-corrected chi connectivity index (χ4v) is 5.04. The summed E-state index contributed by atoms with van der Waals surface area (Å²) in [5, 5.41) is 5.97. The summed E-state index contributed by atoms with van der Waals surface area (Å²) in [6.07, 6.45) is 7.10. The number of halogens is 2. The monoisotopic (exact) mass is 513 g/mol. The van der Waals surface area contributed by atoms with Crippen molar-refractivity contribution in [1.29, 1.82) is 0 Å². The van der Waals surface area contributed by atoms with Gasteiger partial charge >= 0.3 is 0 Å². The lowest BCUT2D eigenvalue weighted by Crippen LogP contribution is -2.43. The molecule has 3 aromatic rings. The molecule has 1 aromatic heterocycles. The Morgan fingerprint density at radius 3 is 2.81 bits per heavy atom. The van der Waals surface area contributed by atoms with Crippen molar-refractivity contribution < 1.29 is 18.8 Å². The molecule has 36 heavy (non-hydrogen) atoms. The third-order valence-corrected chi connectivity index (χ3v) is 7.09. The lowest BCUT2D eigenvalue weighted by Gasteiger charge is -2.35. The van der Waals surface area contributed by atoms with Gasteiger partial charge in [0.1, 0.15) is 18.0 Å². The highest BCUT2D eigenvalue weighted by Gasteiger charge is 2.28. The number of aromatic nitrogens is 2. The van der Waals surface area contributed by atoms with Crippen molar-refractivity contribution in [3.05, 3.63) is 47.5 Å². The summed E-state index contributed by atoms with van der Waals surface area (Å²) in [6.45, 7) is 2.39. The van der Waals surface area contributed by atoms with Crippen molar-refractivity contribution in [3.63, 3.8) is 0 Å². The number of methoxy groups -OCH3 is 1. The maximum atomic E-state index is 13.6. The van der Waals surface area contributed by atoms with Gasteiger partial charge in [0.2, 0.25) is 5.91 Å². The summed E-state index contributed by atoms with van der Waals surface area (Å²) in [6, 6.07) is 8.29. The summed E-state index contributed by atoms with van der Waals surface area (Å²) < 4.78 is 19.2. The number of hydrogen-bond donors (Lipinski definition) is 1. The fraction of sp³-hybridized carbons (Fsp3) is 0.423. The van der Waals surface area contributed by atoms with E-state index in [0.717, 1.165) is 57.1 Å². The van der Waals surface area contributed by atoms with Gasteiger partial charge in [0, 0.05) is 49.2 Å². The number of benzene rings is 2. The Labute approximate surface area is 214 Å². The predicted octanol–water partition coefficient (Wildman–Crippen LogP) is 5.34. The molecule has 3 heterocycles. The Hall–Kier alpha value is -3.17. The van der Waals surface area contributed by atoms with Crippen LogP contribution in [0.4, 0.5) is 15.9 Å². The van der Waals surface area contributed by atoms with Crippen LogP contribution < -0.4 is 14.9 Å². The molecule has 0 radical (unpaired) electrons. The standard InChI is InChI=1S/C26H29ClFN5O3/c1-35-23-15-22-19(26(30-16-29-22)31-17-7-8-21(28)20(27)13-17)14-24(23)36-33-11-3-2-5-18(33)9-12-32-10-4-6-25(32)34/h7-8,13-16,18H,2-6,9-12H2,1H3,(H,29,30,31). The first-order valence-electron chi connectivity index (χ1n) is 12.3. The number of hydroxylamine groups is 2. The van der Waals surface area contributed by atoms with Crippen LogP contribution in [-0.2, 0) is 4.79 Å². The van der Waals surface area contributed by atoms with Gasteiger partial charge in [-0.1, -0.05) is 18.0 Å². The zero-order valence-electron chi connectivity index (χ0n) is 20.2. The number of piperidine rings is 1. The summed E-state index contributed by atoms with van der Waals surface area (Å²) >= 11 is 5.95. The van der Waals surface area contributed by atoms with E-state index in [9.17, 15) is 9.18 Å². The highest BCUT2D eigenvalue weighted by molar-refractivity contribution is 6.31. The van der Waals surface area contributed by atoms with Crippen molar-refractivity contribution in [2.24, 2.45) is 0 Å². The summed E-state index contributed by atoms with van der Waals surface area (Å²) in [5.41, 5.74) is 1.28. The minimum atomic E-state index is -0.486. The van der Waals surface area contributed by atoms with Crippen LogP contribution in [0.15, 0.2) is 36.7 Å². The molecule has 1 amide bonds. The third kappa shape index (κ3) is 5.32. The van der Waals surface area contributed by atoms with Crippen LogP contribution in [0, 0.1) is 5.82 Å². The van der Waals surface area contributed by atoms with Crippen molar-refractivity contribution in [2.75, 3.05) is 32.1 Å². The van der Waals surface area contributed by atoms with Crippen LogP contribution in [-0.4, -0.2) is 58.6 Å². The van der Waals surface area contributed by atoms with Gasteiger partial charge in [-0.15, -0.1) is 5.06 Å². The molecule has 8 nitrogen and oxygen atoms in total. The zero-order valence-corrected chi connectivity index (χ0v) is 20.9. The largest absolute Gasteiger partial charge is 0.493 e. The normalized spacial score (nSPS) is 18.6. The van der Waals surface area contributed by atoms with Gasteiger partial charge in [-0.25, -0.2) is 14.4 Å². The summed E-state index contributed by atoms with van der Waals surface area (Å²) in [7, 11) is 1.60. The molecule has 1 unspecified atom stereocenters. The Morgan fingerprint density at radius 1 is 1.14 bits per heavy atom. The topological polar surface area (TPSA) is 79.8 Å².